The number of aliphatic hydroxyl groups is 5. The first-order valence-electron chi connectivity index (χ1n) is 4.06. The first-order valence-corrected chi connectivity index (χ1v) is 5.52. The van der Waals surface area contributed by atoms with Crippen molar-refractivity contribution >= 4 is 13.6 Å². The Balaban J connectivity index is -0.0000000821. The van der Waals surface area contributed by atoms with Crippen LogP contribution in [0.25, 0.3) is 0 Å². The van der Waals surface area contributed by atoms with Gasteiger partial charge < -0.3 is 44.8 Å². The third kappa shape index (κ3) is 22.9. The summed E-state index contributed by atoms with van der Waals surface area (Å²) < 4.78 is 8.55. The monoisotopic (exact) mass is 344 g/mol. The second-order valence-electron chi connectivity index (χ2n) is 2.76. The maximum atomic E-state index is 10.5. The molecule has 0 saturated heterocycles. The molecule has 0 spiro atoms. The van der Waals surface area contributed by atoms with Gasteiger partial charge in [-0.2, -0.15) is 7.82 Å². The van der Waals surface area contributed by atoms with Gasteiger partial charge >= 0.3 is 88.7 Å². The molecule has 0 rings (SSSR count). The summed E-state index contributed by atoms with van der Waals surface area (Å²) >= 11 is 0. The fourth-order valence-corrected chi connectivity index (χ4v) is 0.602. The molecule has 0 aliphatic rings. The van der Waals surface area contributed by atoms with Gasteiger partial charge in [-0.25, -0.2) is 0 Å². The van der Waals surface area contributed by atoms with E-state index in [1.54, 1.807) is 0 Å². The first-order chi connectivity index (χ1) is 7.54. The van der Waals surface area contributed by atoms with Crippen molar-refractivity contribution in [3.8, 4) is 0 Å². The molecule has 20 heavy (non-hydrogen) atoms. The van der Waals surface area contributed by atoms with E-state index in [4.69, 9.17) is 44.8 Å². The molecule has 0 unspecified atom stereocenters. The van der Waals surface area contributed by atoms with Crippen molar-refractivity contribution in [3.63, 3.8) is 0 Å². The fraction of sp³-hybridized carbons (Fsp3) is 0.833. The van der Waals surface area contributed by atoms with Crippen molar-refractivity contribution in [2.45, 2.75) is 18.3 Å². The van der Waals surface area contributed by atoms with Crippen LogP contribution in [0.2, 0.25) is 0 Å². The van der Waals surface area contributed by atoms with E-state index in [1.807, 2.05) is 0 Å². The van der Waals surface area contributed by atoms with E-state index < -0.39 is 45.1 Å². The van der Waals surface area contributed by atoms with Crippen molar-refractivity contribution in [3.05, 3.63) is 0 Å². The van der Waals surface area contributed by atoms with Crippen molar-refractivity contribution in [1.82, 2.24) is 0 Å². The molecule has 0 saturated carbocycles. The zero-order valence-corrected chi connectivity index (χ0v) is 18.3. The molecule has 0 fully saturated rings. The second-order valence-corrected chi connectivity index (χ2v) is 3.65. The molecule has 0 aromatic carbocycles. The molecule has 0 aromatic heterocycles. The molecule has 104 valence electrons. The molecule has 10 nitrogen and oxygen atoms in total. The van der Waals surface area contributed by atoms with Gasteiger partial charge in [-0.15, -0.1) is 0 Å². The Labute approximate surface area is 181 Å². The molecular formula is C6H12Na3O10P. The maximum Gasteiger partial charge on any atom is 1.00 e. The minimum absolute atomic E-state index is 0. The standard InChI is InChI=1S/C6H12O6.3Na.H3O4P/c7-1-3(9)5(11)6(12)4(10)2-8;;;;1-5(2,3)4/h3,5-9,11-12H,1-2H2;;;;(H3,1,2,3,4)/q;3*+1;/p-3/t3-,5-,6-;;;;/m1..../s1. The van der Waals surface area contributed by atoms with E-state index in [0.717, 1.165) is 0 Å². The number of carbonyl (C=O) groups excluding carboxylic acids is 1. The van der Waals surface area contributed by atoms with Gasteiger partial charge in [-0.3, -0.25) is 4.79 Å². The zero-order valence-electron chi connectivity index (χ0n) is 11.4. The molecule has 3 atom stereocenters. The minimum Gasteiger partial charge on any atom is -0.822 e. The van der Waals surface area contributed by atoms with Gasteiger partial charge in [0.25, 0.3) is 0 Å². The number of hydrogen-bond acceptors (Lipinski definition) is 10. The Morgan fingerprint density at radius 2 is 1.30 bits per heavy atom. The predicted molar refractivity (Wildman–Crippen MR) is 44.8 cm³/mol. The molecule has 5 N–H and O–H groups in total. The molecule has 0 heterocycles. The summed E-state index contributed by atoms with van der Waals surface area (Å²) in [5, 5.41) is 43.1. The number of rotatable bonds is 5. The number of Topliss-reactive ketones (excluding diaryl/α,β-unsaturated/α-hetero) is 1. The zero-order chi connectivity index (χ0) is 14.2. The van der Waals surface area contributed by atoms with Crippen LogP contribution in [0.4, 0.5) is 0 Å². The molecule has 14 heteroatoms. The molecule has 0 amide bonds. The Kier molecular flexibility index (Phi) is 30.5. The van der Waals surface area contributed by atoms with Crippen LogP contribution in [0.5, 0.6) is 0 Å². The van der Waals surface area contributed by atoms with Crippen molar-refractivity contribution in [1.29, 1.82) is 0 Å². The van der Waals surface area contributed by atoms with E-state index in [0.29, 0.717) is 0 Å². The van der Waals surface area contributed by atoms with Gasteiger partial charge in [0.15, 0.2) is 5.78 Å². The number of ketones is 1. The molecule has 0 bridgehead atoms. The van der Waals surface area contributed by atoms with Crippen LogP contribution in [0, 0.1) is 0 Å². The number of carbonyl (C=O) groups is 1. The van der Waals surface area contributed by atoms with Crippen LogP contribution in [-0.2, 0) is 9.36 Å². The second kappa shape index (κ2) is 17.9. The Hall–Kier alpha value is 2.58. The van der Waals surface area contributed by atoms with E-state index >= 15 is 0 Å². The average molecular weight is 344 g/mol. The SMILES string of the molecule is O=C(CO)[C@@H](O)[C@H](O)[C@H](O)CO.O=P([O-])([O-])[O-].[Na+].[Na+].[Na+]. The molecule has 0 radical (unpaired) electrons. The Morgan fingerprint density at radius 1 is 1.00 bits per heavy atom. The first kappa shape index (κ1) is 34.0. The van der Waals surface area contributed by atoms with Gasteiger partial charge in [0.1, 0.15) is 24.9 Å². The van der Waals surface area contributed by atoms with Gasteiger partial charge in [-0.05, 0) is 0 Å². The Bertz CT molecular complexity index is 265. The van der Waals surface area contributed by atoms with Crippen molar-refractivity contribution in [2.24, 2.45) is 0 Å². The normalized spacial score (nSPS) is 14.0. The fourth-order valence-electron chi connectivity index (χ4n) is 0.602. The third-order valence-electron chi connectivity index (χ3n) is 1.39. The molecule has 0 aliphatic carbocycles. The summed E-state index contributed by atoms with van der Waals surface area (Å²) in [5.74, 6) is -1.00. The minimum atomic E-state index is -5.39. The van der Waals surface area contributed by atoms with Gasteiger partial charge in [0.05, 0.1) is 6.61 Å². The van der Waals surface area contributed by atoms with Crippen LogP contribution in [-0.4, -0.2) is 62.8 Å². The van der Waals surface area contributed by atoms with E-state index in [-0.39, 0.29) is 88.7 Å². The smallest absolute Gasteiger partial charge is 0.822 e. The number of phosphoric acid groups is 1. The average Bonchev–Trinajstić information content (AvgIpc) is 2.22. The van der Waals surface area contributed by atoms with Crippen LogP contribution < -0.4 is 103 Å². The quantitative estimate of drug-likeness (QED) is 0.235. The molecule has 0 aromatic rings. The van der Waals surface area contributed by atoms with E-state index in [1.165, 1.54) is 0 Å². The van der Waals surface area contributed by atoms with Crippen LogP contribution in [0.1, 0.15) is 0 Å². The van der Waals surface area contributed by atoms with Crippen molar-refractivity contribution in [2.75, 3.05) is 13.2 Å². The molecular weight excluding hydrogens is 332 g/mol. The summed E-state index contributed by atoms with van der Waals surface area (Å²) in [6, 6.07) is 0. The van der Waals surface area contributed by atoms with Gasteiger partial charge in [-0.1, -0.05) is 0 Å². The van der Waals surface area contributed by atoms with Crippen molar-refractivity contribution < 1.29 is 138 Å². The number of hydrogen-bond donors (Lipinski definition) is 5. The summed E-state index contributed by atoms with van der Waals surface area (Å²) in [4.78, 5) is 36.2. The Morgan fingerprint density at radius 3 is 1.50 bits per heavy atom. The van der Waals surface area contributed by atoms with Gasteiger partial charge in [0.2, 0.25) is 0 Å². The van der Waals surface area contributed by atoms with Crippen LogP contribution in [0.15, 0.2) is 0 Å². The number of aliphatic hydroxyl groups excluding tert-OH is 5. The predicted octanol–water partition coefficient (Wildman–Crippen LogP) is -15.2. The van der Waals surface area contributed by atoms with Gasteiger partial charge in [0, 0.05) is 0 Å². The van der Waals surface area contributed by atoms with Crippen LogP contribution >= 0.6 is 7.82 Å². The third-order valence-corrected chi connectivity index (χ3v) is 1.39. The summed E-state index contributed by atoms with van der Waals surface area (Å²) in [5.41, 5.74) is 0. The largest absolute Gasteiger partial charge is 1.00 e. The summed E-state index contributed by atoms with van der Waals surface area (Å²) in [6.07, 6.45) is -5.22. The van der Waals surface area contributed by atoms with E-state index in [2.05, 4.69) is 0 Å². The topological polar surface area (TPSA) is 204 Å². The summed E-state index contributed by atoms with van der Waals surface area (Å²) in [6.45, 7) is -1.69. The van der Waals surface area contributed by atoms with E-state index in [9.17, 15) is 4.79 Å². The summed E-state index contributed by atoms with van der Waals surface area (Å²) in [7, 11) is -5.39. The molecule has 0 aliphatic heterocycles. The van der Waals surface area contributed by atoms with Crippen LogP contribution in [0.3, 0.4) is 0 Å². The maximum absolute atomic E-state index is 10.5.